The van der Waals surface area contributed by atoms with Crippen molar-refractivity contribution in [2.75, 3.05) is 13.2 Å². The zero-order chi connectivity index (χ0) is 21.1. The third kappa shape index (κ3) is 2.77. The molecule has 1 saturated carbocycles. The van der Waals surface area contributed by atoms with Crippen LogP contribution in [0.25, 0.3) is 10.9 Å². The minimum absolute atomic E-state index is 0.0112. The molecule has 2 atom stereocenters. The molecule has 158 valence electrons. The van der Waals surface area contributed by atoms with Crippen LogP contribution in [0.5, 0.6) is 5.75 Å². The van der Waals surface area contributed by atoms with E-state index in [1.165, 1.54) is 0 Å². The van der Waals surface area contributed by atoms with Crippen LogP contribution < -0.4 is 4.74 Å². The Morgan fingerprint density at radius 2 is 1.84 bits per heavy atom. The van der Waals surface area contributed by atoms with Gasteiger partial charge >= 0.3 is 0 Å². The quantitative estimate of drug-likeness (QED) is 0.710. The standard InChI is InChI=1S/C25H25N3O3/c1-2-31-21-10-6-4-8-17(21)24-23-18(16-7-3-5-9-19(16)26-23)13-20-25(30)27(15-11-12-15)14-22(29)28(20)24/h3-10,15,20,24,26H,2,11-14H2,1H3/t20-,24?/m0/s1. The molecule has 1 N–H and O–H groups in total. The summed E-state index contributed by atoms with van der Waals surface area (Å²) < 4.78 is 5.94. The van der Waals surface area contributed by atoms with E-state index in [0.717, 1.165) is 46.3 Å². The van der Waals surface area contributed by atoms with Gasteiger partial charge in [-0.05, 0) is 37.5 Å². The second-order valence-corrected chi connectivity index (χ2v) is 8.65. The number of rotatable bonds is 4. The highest BCUT2D eigenvalue weighted by atomic mass is 16.5. The normalized spacial score (nSPS) is 23.1. The predicted octanol–water partition coefficient (Wildman–Crippen LogP) is 3.41. The molecule has 1 aromatic heterocycles. The number of benzene rings is 2. The molecule has 0 bridgehead atoms. The lowest BCUT2D eigenvalue weighted by Crippen LogP contribution is -2.63. The zero-order valence-electron chi connectivity index (χ0n) is 17.5. The topological polar surface area (TPSA) is 65.6 Å². The van der Waals surface area contributed by atoms with Crippen LogP contribution >= 0.6 is 0 Å². The summed E-state index contributed by atoms with van der Waals surface area (Å²) in [6.45, 7) is 2.66. The first-order valence-corrected chi connectivity index (χ1v) is 11.1. The molecule has 0 radical (unpaired) electrons. The number of amides is 2. The number of carbonyl (C=O) groups is 2. The fraction of sp³-hybridized carbons (Fsp3) is 0.360. The molecule has 6 nitrogen and oxygen atoms in total. The van der Waals surface area contributed by atoms with E-state index >= 15 is 0 Å². The molecular weight excluding hydrogens is 390 g/mol. The molecule has 3 aromatic rings. The van der Waals surface area contributed by atoms with Gasteiger partial charge in [-0.25, -0.2) is 0 Å². The van der Waals surface area contributed by atoms with Gasteiger partial charge in [0.2, 0.25) is 11.8 Å². The van der Waals surface area contributed by atoms with E-state index in [1.54, 1.807) is 0 Å². The van der Waals surface area contributed by atoms with E-state index in [9.17, 15) is 9.59 Å². The van der Waals surface area contributed by atoms with Crippen LogP contribution in [-0.4, -0.2) is 51.8 Å². The van der Waals surface area contributed by atoms with Crippen LogP contribution in [0.3, 0.4) is 0 Å². The van der Waals surface area contributed by atoms with Gasteiger partial charge in [-0.1, -0.05) is 36.4 Å². The van der Waals surface area contributed by atoms with E-state index in [4.69, 9.17) is 4.74 Å². The number of fused-ring (bicyclic) bond motifs is 4. The van der Waals surface area contributed by atoms with Crippen molar-refractivity contribution in [2.45, 2.75) is 44.3 Å². The number of piperazine rings is 1. The van der Waals surface area contributed by atoms with Gasteiger partial charge in [-0.15, -0.1) is 0 Å². The summed E-state index contributed by atoms with van der Waals surface area (Å²) in [5.41, 5.74) is 4.07. The number of nitrogens with one attached hydrogen (secondary N) is 1. The SMILES string of the molecule is CCOc1ccccc1C1c2[nH]c3ccccc3c2C[C@H]2C(=O)N(C3CC3)CC(=O)N12. The van der Waals surface area contributed by atoms with Gasteiger partial charge in [0.05, 0.1) is 6.61 Å². The first-order chi connectivity index (χ1) is 15.2. The molecule has 1 saturated heterocycles. The summed E-state index contributed by atoms with van der Waals surface area (Å²) in [7, 11) is 0. The van der Waals surface area contributed by atoms with Crippen LogP contribution in [0.4, 0.5) is 0 Å². The Bertz CT molecular complexity index is 1200. The molecule has 2 aromatic carbocycles. The molecule has 6 heteroatoms. The molecular formula is C25H25N3O3. The second-order valence-electron chi connectivity index (χ2n) is 8.65. The largest absolute Gasteiger partial charge is 0.494 e. The van der Waals surface area contributed by atoms with Crippen molar-refractivity contribution < 1.29 is 14.3 Å². The third-order valence-electron chi connectivity index (χ3n) is 6.79. The van der Waals surface area contributed by atoms with Gasteiger partial charge in [-0.2, -0.15) is 0 Å². The van der Waals surface area contributed by atoms with Crippen molar-refractivity contribution >= 4 is 22.7 Å². The fourth-order valence-electron chi connectivity index (χ4n) is 5.30. The van der Waals surface area contributed by atoms with Gasteiger partial charge in [0.1, 0.15) is 24.4 Å². The predicted molar refractivity (Wildman–Crippen MR) is 117 cm³/mol. The number of para-hydroxylation sites is 2. The molecule has 6 rings (SSSR count). The Balaban J connectivity index is 1.56. The molecule has 1 unspecified atom stereocenters. The van der Waals surface area contributed by atoms with Crippen LogP contribution in [-0.2, 0) is 16.0 Å². The van der Waals surface area contributed by atoms with Crippen molar-refractivity contribution in [1.29, 1.82) is 0 Å². The van der Waals surface area contributed by atoms with Crippen LogP contribution in [0, 0.1) is 0 Å². The number of nitrogens with zero attached hydrogens (tertiary/aromatic N) is 2. The monoisotopic (exact) mass is 415 g/mol. The van der Waals surface area contributed by atoms with Crippen molar-refractivity contribution in [1.82, 2.24) is 14.8 Å². The van der Waals surface area contributed by atoms with E-state index in [0.29, 0.717) is 13.0 Å². The maximum absolute atomic E-state index is 13.5. The van der Waals surface area contributed by atoms with Crippen molar-refractivity contribution in [3.63, 3.8) is 0 Å². The molecule has 2 amide bonds. The number of hydrogen-bond donors (Lipinski definition) is 1. The molecule has 0 spiro atoms. The molecule has 2 aliphatic heterocycles. The summed E-state index contributed by atoms with van der Waals surface area (Å²) in [5.74, 6) is 0.846. The highest BCUT2D eigenvalue weighted by Crippen LogP contribution is 2.45. The highest BCUT2D eigenvalue weighted by Gasteiger charge is 2.51. The van der Waals surface area contributed by atoms with Gasteiger partial charge in [-0.3, -0.25) is 9.59 Å². The Morgan fingerprint density at radius 3 is 2.65 bits per heavy atom. The number of aromatic amines is 1. The number of aromatic nitrogens is 1. The molecule has 3 aliphatic rings. The summed E-state index contributed by atoms with van der Waals surface area (Å²) in [6, 6.07) is 15.4. The lowest BCUT2D eigenvalue weighted by atomic mass is 9.86. The maximum atomic E-state index is 13.5. The number of ether oxygens (including phenoxy) is 1. The molecule has 1 aliphatic carbocycles. The van der Waals surface area contributed by atoms with Crippen molar-refractivity contribution in [3.05, 3.63) is 65.4 Å². The summed E-state index contributed by atoms with van der Waals surface area (Å²) in [5, 5.41) is 1.12. The first kappa shape index (κ1) is 18.5. The van der Waals surface area contributed by atoms with Crippen LogP contribution in [0.2, 0.25) is 0 Å². The summed E-state index contributed by atoms with van der Waals surface area (Å²) in [4.78, 5) is 34.2. The van der Waals surface area contributed by atoms with E-state index in [1.807, 2.05) is 53.1 Å². The van der Waals surface area contributed by atoms with E-state index < -0.39 is 6.04 Å². The minimum atomic E-state index is -0.478. The second kappa shape index (κ2) is 6.87. The maximum Gasteiger partial charge on any atom is 0.246 e. The van der Waals surface area contributed by atoms with Crippen molar-refractivity contribution in [2.24, 2.45) is 0 Å². The average molecular weight is 415 g/mol. The van der Waals surface area contributed by atoms with Crippen LogP contribution in [0.15, 0.2) is 48.5 Å². The van der Waals surface area contributed by atoms with E-state index in [2.05, 4.69) is 17.1 Å². The number of carbonyl (C=O) groups excluding carboxylic acids is 2. The summed E-state index contributed by atoms with van der Waals surface area (Å²) in [6.07, 6.45) is 2.54. The minimum Gasteiger partial charge on any atom is -0.494 e. The summed E-state index contributed by atoms with van der Waals surface area (Å²) >= 11 is 0. The van der Waals surface area contributed by atoms with Gasteiger partial charge < -0.3 is 19.5 Å². The van der Waals surface area contributed by atoms with Crippen LogP contribution in [0.1, 0.15) is 42.6 Å². The Kier molecular flexibility index (Phi) is 4.10. The lowest BCUT2D eigenvalue weighted by Gasteiger charge is -2.47. The van der Waals surface area contributed by atoms with E-state index in [-0.39, 0.29) is 30.4 Å². The van der Waals surface area contributed by atoms with Crippen molar-refractivity contribution in [3.8, 4) is 5.75 Å². The average Bonchev–Trinajstić information content (AvgIpc) is 3.56. The Hall–Kier alpha value is -3.28. The lowest BCUT2D eigenvalue weighted by molar-refractivity contribution is -0.159. The molecule has 2 fully saturated rings. The smallest absolute Gasteiger partial charge is 0.246 e. The molecule has 31 heavy (non-hydrogen) atoms. The Labute approximate surface area is 180 Å². The van der Waals surface area contributed by atoms with Gasteiger partial charge in [0, 0.05) is 34.6 Å². The fourth-order valence-corrected chi connectivity index (χ4v) is 5.30. The third-order valence-corrected chi connectivity index (χ3v) is 6.79. The van der Waals surface area contributed by atoms with Gasteiger partial charge in [0.25, 0.3) is 0 Å². The Morgan fingerprint density at radius 1 is 1.06 bits per heavy atom. The number of H-pyrrole nitrogens is 1. The zero-order valence-corrected chi connectivity index (χ0v) is 17.5. The van der Waals surface area contributed by atoms with Gasteiger partial charge in [0.15, 0.2) is 0 Å². The number of hydrogen-bond acceptors (Lipinski definition) is 3. The first-order valence-electron chi connectivity index (χ1n) is 11.1. The highest BCUT2D eigenvalue weighted by molar-refractivity contribution is 5.98. The molecule has 3 heterocycles.